The van der Waals surface area contributed by atoms with Crippen LogP contribution in [0.2, 0.25) is 0 Å². The van der Waals surface area contributed by atoms with Gasteiger partial charge in [-0.2, -0.15) is 0 Å². The van der Waals surface area contributed by atoms with E-state index in [0.29, 0.717) is 20.2 Å². The second-order valence-corrected chi connectivity index (χ2v) is 7.73. The molecule has 8 heteroatoms. The van der Waals surface area contributed by atoms with Gasteiger partial charge in [-0.05, 0) is 74.7 Å². The molecule has 0 saturated carbocycles. The molecule has 0 fully saturated rings. The van der Waals surface area contributed by atoms with Gasteiger partial charge in [-0.15, -0.1) is 0 Å². The van der Waals surface area contributed by atoms with E-state index in [4.69, 9.17) is 5.73 Å². The van der Waals surface area contributed by atoms with Crippen LogP contribution >= 0.6 is 31.9 Å². The Kier molecular flexibility index (Phi) is 4.60. The van der Waals surface area contributed by atoms with Crippen molar-refractivity contribution in [1.29, 1.82) is 0 Å². The molecule has 0 saturated heterocycles. The van der Waals surface area contributed by atoms with Crippen molar-refractivity contribution in [2.75, 3.05) is 10.5 Å². The highest BCUT2D eigenvalue weighted by atomic mass is 79.9. The summed E-state index contributed by atoms with van der Waals surface area (Å²) in [5.74, 6) is -0.539. The lowest BCUT2D eigenvalue weighted by atomic mass is 10.2. The number of nitrogen functional groups attached to an aromatic ring is 1. The molecule has 21 heavy (non-hydrogen) atoms. The van der Waals surface area contributed by atoms with Crippen molar-refractivity contribution in [3.63, 3.8) is 0 Å². The number of nitrogens with two attached hydrogens (primary N) is 1. The lowest BCUT2D eigenvalue weighted by Crippen LogP contribution is -2.15. The molecule has 2 aromatic rings. The van der Waals surface area contributed by atoms with Crippen LogP contribution in [0, 0.1) is 12.7 Å². The van der Waals surface area contributed by atoms with Crippen LogP contribution in [0.1, 0.15) is 5.56 Å². The number of rotatable bonds is 3. The summed E-state index contributed by atoms with van der Waals surface area (Å²) >= 11 is 6.41. The molecule has 0 aliphatic heterocycles. The number of nitrogens with one attached hydrogen (secondary N) is 1. The minimum atomic E-state index is -3.87. The van der Waals surface area contributed by atoms with E-state index in [1.54, 1.807) is 13.0 Å². The van der Waals surface area contributed by atoms with E-state index in [0.717, 1.165) is 6.07 Å². The van der Waals surface area contributed by atoms with Crippen molar-refractivity contribution in [3.8, 4) is 0 Å². The van der Waals surface area contributed by atoms with E-state index in [1.807, 2.05) is 0 Å². The summed E-state index contributed by atoms with van der Waals surface area (Å²) in [4.78, 5) is 0.0411. The van der Waals surface area contributed by atoms with Gasteiger partial charge in [0.2, 0.25) is 0 Å². The molecule has 0 bridgehead atoms. The number of hydrogen-bond donors (Lipinski definition) is 2. The predicted octanol–water partition coefficient (Wildman–Crippen LogP) is 4.04. The predicted molar refractivity (Wildman–Crippen MR) is 88.2 cm³/mol. The third-order valence-electron chi connectivity index (χ3n) is 2.76. The smallest absolute Gasteiger partial charge is 0.262 e. The first kappa shape index (κ1) is 16.3. The fourth-order valence-electron chi connectivity index (χ4n) is 1.73. The van der Waals surface area contributed by atoms with E-state index in [2.05, 4.69) is 36.6 Å². The Balaban J connectivity index is 2.48. The summed E-state index contributed by atoms with van der Waals surface area (Å²) in [5, 5.41) is 0. The fraction of sp³-hybridized carbons (Fsp3) is 0.0769. The number of anilines is 2. The highest BCUT2D eigenvalue weighted by molar-refractivity contribution is 9.11. The van der Waals surface area contributed by atoms with Crippen molar-refractivity contribution in [3.05, 3.63) is 50.7 Å². The SMILES string of the molecule is Cc1cc(Br)c(N)cc1S(=O)(=O)Nc1cc(F)ccc1Br. The van der Waals surface area contributed by atoms with Crippen LogP contribution in [0.5, 0.6) is 0 Å². The lowest BCUT2D eigenvalue weighted by Gasteiger charge is -2.13. The van der Waals surface area contributed by atoms with Crippen molar-refractivity contribution in [2.24, 2.45) is 0 Å². The molecule has 2 aromatic carbocycles. The zero-order valence-corrected chi connectivity index (χ0v) is 14.8. The first-order chi connectivity index (χ1) is 9.70. The second-order valence-electron chi connectivity index (χ2n) is 4.37. The number of sulfonamides is 1. The highest BCUT2D eigenvalue weighted by Gasteiger charge is 2.19. The molecule has 0 spiro atoms. The normalized spacial score (nSPS) is 11.4. The molecule has 0 amide bonds. The quantitative estimate of drug-likeness (QED) is 0.711. The average molecular weight is 438 g/mol. The maximum absolute atomic E-state index is 13.2. The number of benzene rings is 2. The summed E-state index contributed by atoms with van der Waals surface area (Å²) in [6.45, 7) is 1.65. The third kappa shape index (κ3) is 3.56. The van der Waals surface area contributed by atoms with Gasteiger partial charge < -0.3 is 5.73 Å². The standard InChI is InChI=1S/C13H11Br2FN2O2S/c1-7-4-10(15)11(17)6-13(7)21(19,20)18-12-5-8(16)2-3-9(12)14/h2-6,18H,17H2,1H3. The van der Waals surface area contributed by atoms with E-state index >= 15 is 0 Å². The van der Waals surface area contributed by atoms with Gasteiger partial charge in [0.05, 0.1) is 10.6 Å². The largest absolute Gasteiger partial charge is 0.398 e. The molecule has 0 aromatic heterocycles. The van der Waals surface area contributed by atoms with Crippen LogP contribution in [-0.4, -0.2) is 8.42 Å². The van der Waals surface area contributed by atoms with Crippen molar-refractivity contribution >= 4 is 53.3 Å². The van der Waals surface area contributed by atoms with Crippen LogP contribution in [0.4, 0.5) is 15.8 Å². The van der Waals surface area contributed by atoms with Crippen molar-refractivity contribution < 1.29 is 12.8 Å². The molecule has 4 nitrogen and oxygen atoms in total. The van der Waals surface area contributed by atoms with Gasteiger partial charge in [0.25, 0.3) is 10.0 Å². The lowest BCUT2D eigenvalue weighted by molar-refractivity contribution is 0.600. The van der Waals surface area contributed by atoms with Crippen LogP contribution in [0.3, 0.4) is 0 Å². The molecule has 112 valence electrons. The summed E-state index contributed by atoms with van der Waals surface area (Å²) in [6, 6.07) is 6.72. The Labute approximate surface area is 138 Å². The molecule has 2 rings (SSSR count). The number of aryl methyl sites for hydroxylation is 1. The first-order valence-corrected chi connectivity index (χ1v) is 8.81. The molecule has 0 radical (unpaired) electrons. The topological polar surface area (TPSA) is 72.2 Å². The van der Waals surface area contributed by atoms with Gasteiger partial charge in [-0.3, -0.25) is 4.72 Å². The van der Waals surface area contributed by atoms with Crippen LogP contribution < -0.4 is 10.5 Å². The second kappa shape index (κ2) is 5.94. The summed E-state index contributed by atoms with van der Waals surface area (Å²) in [5.41, 5.74) is 6.68. The van der Waals surface area contributed by atoms with Crippen molar-refractivity contribution in [1.82, 2.24) is 0 Å². The monoisotopic (exact) mass is 436 g/mol. The summed E-state index contributed by atoms with van der Waals surface area (Å²) in [6.07, 6.45) is 0. The maximum atomic E-state index is 13.2. The minimum absolute atomic E-state index is 0.0411. The molecule has 0 heterocycles. The Morgan fingerprint density at radius 1 is 1.14 bits per heavy atom. The zero-order chi connectivity index (χ0) is 15.8. The molecular formula is C13H11Br2FN2O2S. The van der Waals surface area contributed by atoms with Crippen LogP contribution in [0.15, 0.2) is 44.2 Å². The van der Waals surface area contributed by atoms with E-state index < -0.39 is 15.8 Å². The fourth-order valence-corrected chi connectivity index (χ4v) is 4.00. The Hall–Kier alpha value is -1.12. The minimum Gasteiger partial charge on any atom is -0.398 e. The van der Waals surface area contributed by atoms with E-state index in [9.17, 15) is 12.8 Å². The summed E-state index contributed by atoms with van der Waals surface area (Å²) in [7, 11) is -3.87. The average Bonchev–Trinajstić information content (AvgIpc) is 2.37. The zero-order valence-electron chi connectivity index (χ0n) is 10.8. The van der Waals surface area contributed by atoms with Crippen molar-refractivity contribution in [2.45, 2.75) is 11.8 Å². The van der Waals surface area contributed by atoms with Gasteiger partial charge in [0.1, 0.15) is 5.82 Å². The van der Waals surface area contributed by atoms with E-state index in [1.165, 1.54) is 18.2 Å². The molecule has 0 unspecified atom stereocenters. The van der Waals surface area contributed by atoms with Crippen LogP contribution in [-0.2, 0) is 10.0 Å². The molecular weight excluding hydrogens is 427 g/mol. The maximum Gasteiger partial charge on any atom is 0.262 e. The van der Waals surface area contributed by atoms with Gasteiger partial charge in [-0.25, -0.2) is 12.8 Å². The molecule has 3 N–H and O–H groups in total. The highest BCUT2D eigenvalue weighted by Crippen LogP contribution is 2.30. The van der Waals surface area contributed by atoms with Gasteiger partial charge in [-0.1, -0.05) is 0 Å². The van der Waals surface area contributed by atoms with E-state index in [-0.39, 0.29) is 10.6 Å². The number of halogens is 3. The molecule has 0 atom stereocenters. The Morgan fingerprint density at radius 3 is 2.48 bits per heavy atom. The molecule has 0 aliphatic carbocycles. The Morgan fingerprint density at radius 2 is 1.81 bits per heavy atom. The van der Waals surface area contributed by atoms with Crippen LogP contribution in [0.25, 0.3) is 0 Å². The van der Waals surface area contributed by atoms with Gasteiger partial charge in [0.15, 0.2) is 0 Å². The number of hydrogen-bond acceptors (Lipinski definition) is 3. The molecule has 0 aliphatic rings. The van der Waals surface area contributed by atoms with Gasteiger partial charge in [0, 0.05) is 14.6 Å². The Bertz CT molecular complexity index is 810. The van der Waals surface area contributed by atoms with Gasteiger partial charge >= 0.3 is 0 Å². The summed E-state index contributed by atoms with van der Waals surface area (Å²) < 4.78 is 41.5. The third-order valence-corrected chi connectivity index (χ3v) is 5.64. The first-order valence-electron chi connectivity index (χ1n) is 5.74.